The summed E-state index contributed by atoms with van der Waals surface area (Å²) in [5, 5.41) is 0. The third kappa shape index (κ3) is 2.59. The molecular weight excluding hydrogens is 210 g/mol. The largest absolute Gasteiger partial charge is 0.344 e. The van der Waals surface area contributed by atoms with Gasteiger partial charge in [0.05, 0.1) is 5.88 Å². The van der Waals surface area contributed by atoms with E-state index in [1.807, 2.05) is 7.05 Å². The van der Waals surface area contributed by atoms with Crippen LogP contribution in [0.25, 0.3) is 0 Å². The van der Waals surface area contributed by atoms with Crippen LogP contribution in [0.3, 0.4) is 0 Å². The van der Waals surface area contributed by atoms with Crippen molar-refractivity contribution < 1.29 is 0 Å². The number of hydrogen-bond acceptors (Lipinski definition) is 3. The second-order valence-electron chi connectivity index (χ2n) is 4.20. The molecular formula is C11H16ClN3. The summed E-state index contributed by atoms with van der Waals surface area (Å²) in [4.78, 5) is 10.7. The van der Waals surface area contributed by atoms with E-state index in [1.165, 1.54) is 19.3 Å². The zero-order valence-corrected chi connectivity index (χ0v) is 9.74. The van der Waals surface area contributed by atoms with Gasteiger partial charge in [-0.25, -0.2) is 9.97 Å². The molecule has 1 aromatic rings. The molecule has 1 aromatic heterocycles. The molecule has 0 N–H and O–H groups in total. The van der Waals surface area contributed by atoms with Crippen LogP contribution in [-0.4, -0.2) is 23.6 Å². The van der Waals surface area contributed by atoms with Crippen LogP contribution in [0.15, 0.2) is 12.4 Å². The van der Waals surface area contributed by atoms with Crippen molar-refractivity contribution in [1.82, 2.24) is 9.97 Å². The summed E-state index contributed by atoms with van der Waals surface area (Å²) in [5.41, 5.74) is 0.970. The number of hydrogen-bond donors (Lipinski definition) is 0. The Hall–Kier alpha value is -0.830. The van der Waals surface area contributed by atoms with E-state index >= 15 is 0 Å². The average molecular weight is 226 g/mol. The highest BCUT2D eigenvalue weighted by atomic mass is 35.5. The molecule has 15 heavy (non-hydrogen) atoms. The minimum Gasteiger partial charge on any atom is -0.344 e. The Balaban J connectivity index is 1.94. The van der Waals surface area contributed by atoms with Gasteiger partial charge in [-0.05, 0) is 18.8 Å². The zero-order chi connectivity index (χ0) is 10.7. The maximum Gasteiger partial charge on any atom is 0.225 e. The van der Waals surface area contributed by atoms with E-state index in [0.717, 1.165) is 24.0 Å². The van der Waals surface area contributed by atoms with Crippen molar-refractivity contribution >= 4 is 17.5 Å². The molecule has 0 amide bonds. The van der Waals surface area contributed by atoms with E-state index in [1.54, 1.807) is 12.4 Å². The van der Waals surface area contributed by atoms with E-state index in [2.05, 4.69) is 14.9 Å². The Morgan fingerprint density at radius 1 is 1.40 bits per heavy atom. The van der Waals surface area contributed by atoms with Crippen LogP contribution in [0, 0.1) is 5.92 Å². The number of nitrogens with zero attached hydrogens (tertiary/aromatic N) is 3. The van der Waals surface area contributed by atoms with Crippen LogP contribution in [-0.2, 0) is 5.88 Å². The molecule has 3 nitrogen and oxygen atoms in total. The van der Waals surface area contributed by atoms with Crippen molar-refractivity contribution in [3.8, 4) is 0 Å². The van der Waals surface area contributed by atoms with E-state index in [4.69, 9.17) is 11.6 Å². The molecule has 0 saturated heterocycles. The Labute approximate surface area is 95.5 Å². The van der Waals surface area contributed by atoms with Gasteiger partial charge < -0.3 is 4.90 Å². The summed E-state index contributed by atoms with van der Waals surface area (Å²) >= 11 is 5.68. The summed E-state index contributed by atoms with van der Waals surface area (Å²) in [5.74, 6) is 2.12. The third-order valence-electron chi connectivity index (χ3n) is 2.94. The maximum absolute atomic E-state index is 5.68. The van der Waals surface area contributed by atoms with E-state index in [0.29, 0.717) is 5.88 Å². The fourth-order valence-electron chi connectivity index (χ4n) is 1.76. The fraction of sp³-hybridized carbons (Fsp3) is 0.636. The lowest BCUT2D eigenvalue weighted by Crippen LogP contribution is -2.30. The first-order valence-electron chi connectivity index (χ1n) is 5.37. The van der Waals surface area contributed by atoms with Crippen molar-refractivity contribution in [2.45, 2.75) is 25.1 Å². The van der Waals surface area contributed by atoms with Gasteiger partial charge in [0.15, 0.2) is 0 Å². The highest BCUT2D eigenvalue weighted by Crippen LogP contribution is 2.27. The smallest absolute Gasteiger partial charge is 0.225 e. The molecule has 82 valence electrons. The molecule has 0 radical (unpaired) electrons. The van der Waals surface area contributed by atoms with Gasteiger partial charge in [0.2, 0.25) is 5.95 Å². The quantitative estimate of drug-likeness (QED) is 0.738. The molecule has 0 bridgehead atoms. The molecule has 0 unspecified atom stereocenters. The van der Waals surface area contributed by atoms with Crippen LogP contribution in [0.4, 0.5) is 5.95 Å². The molecule has 1 heterocycles. The molecule has 0 aliphatic heterocycles. The summed E-state index contributed by atoms with van der Waals surface area (Å²) < 4.78 is 0. The van der Waals surface area contributed by atoms with Gasteiger partial charge in [0, 0.05) is 31.5 Å². The van der Waals surface area contributed by atoms with Crippen molar-refractivity contribution in [3.63, 3.8) is 0 Å². The first-order chi connectivity index (χ1) is 7.29. The van der Waals surface area contributed by atoms with Crippen molar-refractivity contribution in [1.29, 1.82) is 0 Å². The predicted molar refractivity (Wildman–Crippen MR) is 62.2 cm³/mol. The Morgan fingerprint density at radius 2 is 2.07 bits per heavy atom. The van der Waals surface area contributed by atoms with Crippen LogP contribution in [0.2, 0.25) is 0 Å². The Bertz CT molecular complexity index is 308. The number of anilines is 1. The third-order valence-corrected chi connectivity index (χ3v) is 3.25. The second kappa shape index (κ2) is 4.79. The van der Waals surface area contributed by atoms with Gasteiger partial charge in [-0.2, -0.15) is 0 Å². The second-order valence-corrected chi connectivity index (χ2v) is 4.47. The average Bonchev–Trinajstić information content (AvgIpc) is 2.23. The zero-order valence-electron chi connectivity index (χ0n) is 8.99. The molecule has 1 aliphatic carbocycles. The van der Waals surface area contributed by atoms with E-state index < -0.39 is 0 Å². The molecule has 0 aromatic carbocycles. The van der Waals surface area contributed by atoms with Crippen LogP contribution >= 0.6 is 11.6 Å². The SMILES string of the molecule is CN(CC1CCC1)c1ncc(CCl)cn1. The molecule has 4 heteroatoms. The Kier molecular flexibility index (Phi) is 3.41. The van der Waals surface area contributed by atoms with E-state index in [9.17, 15) is 0 Å². The summed E-state index contributed by atoms with van der Waals surface area (Å²) in [6, 6.07) is 0. The van der Waals surface area contributed by atoms with Crippen LogP contribution in [0.1, 0.15) is 24.8 Å². The lowest BCUT2D eigenvalue weighted by molar-refractivity contribution is 0.320. The molecule has 1 fully saturated rings. The lowest BCUT2D eigenvalue weighted by atomic mass is 9.85. The minimum absolute atomic E-state index is 0.479. The summed E-state index contributed by atoms with van der Waals surface area (Å²) in [6.45, 7) is 1.07. The number of alkyl halides is 1. The molecule has 0 spiro atoms. The van der Waals surface area contributed by atoms with Gasteiger partial charge in [0.1, 0.15) is 0 Å². The first kappa shape index (κ1) is 10.7. The van der Waals surface area contributed by atoms with Crippen LogP contribution < -0.4 is 4.90 Å². The maximum atomic E-state index is 5.68. The van der Waals surface area contributed by atoms with Gasteiger partial charge in [-0.1, -0.05) is 6.42 Å². The predicted octanol–water partition coefficient (Wildman–Crippen LogP) is 2.45. The van der Waals surface area contributed by atoms with Gasteiger partial charge in [-0.3, -0.25) is 0 Å². The fourth-order valence-corrected chi connectivity index (χ4v) is 1.90. The number of rotatable bonds is 4. The lowest BCUT2D eigenvalue weighted by Gasteiger charge is -2.30. The standard InChI is InChI=1S/C11H16ClN3/c1-15(8-9-3-2-4-9)11-13-6-10(5-12)7-14-11/h6-7,9H,2-5,8H2,1H3. The summed E-state index contributed by atoms with van der Waals surface area (Å²) in [6.07, 6.45) is 7.68. The molecule has 2 rings (SSSR count). The van der Waals surface area contributed by atoms with E-state index in [-0.39, 0.29) is 0 Å². The first-order valence-corrected chi connectivity index (χ1v) is 5.91. The van der Waals surface area contributed by atoms with Gasteiger partial charge in [-0.15, -0.1) is 11.6 Å². The van der Waals surface area contributed by atoms with Gasteiger partial charge >= 0.3 is 0 Å². The molecule has 0 atom stereocenters. The highest BCUT2D eigenvalue weighted by Gasteiger charge is 2.19. The number of halogens is 1. The van der Waals surface area contributed by atoms with Gasteiger partial charge in [0.25, 0.3) is 0 Å². The summed E-state index contributed by atoms with van der Waals surface area (Å²) in [7, 11) is 2.05. The van der Waals surface area contributed by atoms with Crippen LogP contribution in [0.5, 0.6) is 0 Å². The molecule has 1 aliphatic rings. The highest BCUT2D eigenvalue weighted by molar-refractivity contribution is 6.17. The normalized spacial score (nSPS) is 16.1. The number of aromatic nitrogens is 2. The topological polar surface area (TPSA) is 29.0 Å². The minimum atomic E-state index is 0.479. The van der Waals surface area contributed by atoms with Crippen molar-refractivity contribution in [2.75, 3.05) is 18.5 Å². The monoisotopic (exact) mass is 225 g/mol. The van der Waals surface area contributed by atoms with Crippen molar-refractivity contribution in [3.05, 3.63) is 18.0 Å². The Morgan fingerprint density at radius 3 is 2.53 bits per heavy atom. The van der Waals surface area contributed by atoms with Crippen molar-refractivity contribution in [2.24, 2.45) is 5.92 Å². The molecule has 1 saturated carbocycles.